The van der Waals surface area contributed by atoms with Gasteiger partial charge in [-0.15, -0.1) is 0 Å². The van der Waals surface area contributed by atoms with E-state index in [1.807, 2.05) is 6.92 Å². The fourth-order valence-corrected chi connectivity index (χ4v) is 2.06. The first-order valence-corrected chi connectivity index (χ1v) is 6.92. The van der Waals surface area contributed by atoms with Crippen molar-refractivity contribution in [2.75, 3.05) is 6.54 Å². The van der Waals surface area contributed by atoms with Gasteiger partial charge in [-0.2, -0.15) is 0 Å². The summed E-state index contributed by atoms with van der Waals surface area (Å²) in [6.07, 6.45) is 2.46. The third kappa shape index (κ3) is 4.45. The summed E-state index contributed by atoms with van der Waals surface area (Å²) in [7, 11) is 0. The minimum atomic E-state index is -0.961. The molecule has 0 spiro atoms. The van der Waals surface area contributed by atoms with Crippen LogP contribution in [0.3, 0.4) is 0 Å². The molecule has 1 saturated heterocycles. The normalized spacial score (nSPS) is 21.2. The van der Waals surface area contributed by atoms with Gasteiger partial charge in [0.25, 0.3) is 0 Å². The summed E-state index contributed by atoms with van der Waals surface area (Å²) >= 11 is 0. The van der Waals surface area contributed by atoms with Gasteiger partial charge in [-0.3, -0.25) is 0 Å². The van der Waals surface area contributed by atoms with Crippen LogP contribution < -0.4 is 10.6 Å². The number of aromatic nitrogens is 1. The Balaban J connectivity index is 1.65. The van der Waals surface area contributed by atoms with E-state index in [0.29, 0.717) is 18.7 Å². The molecule has 2 amide bonds. The molecule has 1 aliphatic rings. The van der Waals surface area contributed by atoms with Gasteiger partial charge in [-0.1, -0.05) is 6.92 Å². The largest absolute Gasteiger partial charge is 0.479 e. The lowest BCUT2D eigenvalue weighted by molar-refractivity contribution is -0.149. The van der Waals surface area contributed by atoms with Crippen molar-refractivity contribution in [1.29, 1.82) is 0 Å². The predicted octanol–water partition coefficient (Wildman–Crippen LogP) is 0.668. The van der Waals surface area contributed by atoms with E-state index in [1.54, 1.807) is 6.20 Å². The molecule has 8 nitrogen and oxygen atoms in total. The van der Waals surface area contributed by atoms with Crippen molar-refractivity contribution in [3.8, 4) is 0 Å². The number of aliphatic carboxylic acids is 1. The first kappa shape index (κ1) is 15.3. The monoisotopic (exact) mass is 297 g/mol. The molecule has 1 aliphatic heterocycles. The van der Waals surface area contributed by atoms with E-state index in [1.165, 1.54) is 0 Å². The van der Waals surface area contributed by atoms with E-state index in [4.69, 9.17) is 14.3 Å². The molecule has 2 atom stereocenters. The highest BCUT2D eigenvalue weighted by atomic mass is 16.5. The molecular formula is C13H19N3O5. The second-order valence-corrected chi connectivity index (χ2v) is 4.80. The van der Waals surface area contributed by atoms with E-state index in [2.05, 4.69) is 15.6 Å². The fourth-order valence-electron chi connectivity index (χ4n) is 2.06. The number of hydrogen-bond donors (Lipinski definition) is 3. The number of carbonyl (C=O) groups excluding carboxylic acids is 1. The molecule has 0 aromatic carbocycles. The minimum Gasteiger partial charge on any atom is -0.479 e. The summed E-state index contributed by atoms with van der Waals surface area (Å²) < 4.78 is 10.6. The van der Waals surface area contributed by atoms with Crippen molar-refractivity contribution in [1.82, 2.24) is 15.6 Å². The lowest BCUT2D eigenvalue weighted by Crippen LogP contribution is -2.39. The van der Waals surface area contributed by atoms with Crippen LogP contribution in [0.15, 0.2) is 10.6 Å². The molecule has 0 saturated carbocycles. The van der Waals surface area contributed by atoms with Crippen LogP contribution in [0.2, 0.25) is 0 Å². The molecule has 0 bridgehead atoms. The highest BCUT2D eigenvalue weighted by Crippen LogP contribution is 2.19. The van der Waals surface area contributed by atoms with Gasteiger partial charge in [0, 0.05) is 13.0 Å². The van der Waals surface area contributed by atoms with E-state index in [9.17, 15) is 9.59 Å². The number of aryl methyl sites for hydroxylation is 1. The summed E-state index contributed by atoms with van der Waals surface area (Å²) in [4.78, 5) is 26.4. The zero-order chi connectivity index (χ0) is 15.2. The number of amides is 2. The molecule has 116 valence electrons. The second kappa shape index (κ2) is 7.07. The zero-order valence-electron chi connectivity index (χ0n) is 11.8. The Labute approximate surface area is 121 Å². The van der Waals surface area contributed by atoms with Crippen LogP contribution in [0.25, 0.3) is 0 Å². The smallest absolute Gasteiger partial charge is 0.332 e. The first-order chi connectivity index (χ1) is 10.1. The van der Waals surface area contributed by atoms with Crippen LogP contribution in [-0.2, 0) is 22.5 Å². The van der Waals surface area contributed by atoms with E-state index in [-0.39, 0.29) is 25.2 Å². The average molecular weight is 297 g/mol. The molecule has 3 N–H and O–H groups in total. The van der Waals surface area contributed by atoms with Crippen molar-refractivity contribution in [2.24, 2.45) is 0 Å². The number of nitrogens with zero attached hydrogens (tertiary/aromatic N) is 1. The first-order valence-electron chi connectivity index (χ1n) is 6.92. The van der Waals surface area contributed by atoms with Gasteiger partial charge in [0.2, 0.25) is 5.89 Å². The number of oxazole rings is 1. The average Bonchev–Trinajstić information content (AvgIpc) is 3.11. The van der Waals surface area contributed by atoms with Crippen LogP contribution in [0, 0.1) is 0 Å². The molecule has 0 radical (unpaired) electrons. The molecule has 1 aromatic rings. The summed E-state index contributed by atoms with van der Waals surface area (Å²) in [5, 5.41) is 14.1. The van der Waals surface area contributed by atoms with Crippen molar-refractivity contribution >= 4 is 12.0 Å². The molecular weight excluding hydrogens is 278 g/mol. The van der Waals surface area contributed by atoms with Crippen LogP contribution in [-0.4, -0.2) is 40.8 Å². The molecule has 0 aliphatic carbocycles. The second-order valence-electron chi connectivity index (χ2n) is 4.80. The van der Waals surface area contributed by atoms with Crippen LogP contribution >= 0.6 is 0 Å². The Morgan fingerprint density at radius 1 is 1.43 bits per heavy atom. The maximum absolute atomic E-state index is 11.6. The molecule has 8 heteroatoms. The third-order valence-electron chi connectivity index (χ3n) is 3.22. The van der Waals surface area contributed by atoms with Crippen molar-refractivity contribution in [3.05, 3.63) is 17.8 Å². The Morgan fingerprint density at radius 3 is 2.86 bits per heavy atom. The topological polar surface area (TPSA) is 114 Å². The lowest BCUT2D eigenvalue weighted by Gasteiger charge is -2.12. The van der Waals surface area contributed by atoms with E-state index >= 15 is 0 Å². The number of ether oxygens (including phenoxy) is 1. The summed E-state index contributed by atoms with van der Waals surface area (Å²) in [5.41, 5.74) is 0. The van der Waals surface area contributed by atoms with Gasteiger partial charge in [0.05, 0.1) is 18.8 Å². The molecule has 21 heavy (non-hydrogen) atoms. The van der Waals surface area contributed by atoms with Gasteiger partial charge in [0.1, 0.15) is 5.76 Å². The lowest BCUT2D eigenvalue weighted by atomic mass is 10.2. The number of carboxylic acid groups (broad SMARTS) is 1. The van der Waals surface area contributed by atoms with Crippen LogP contribution in [0.5, 0.6) is 0 Å². The van der Waals surface area contributed by atoms with Crippen LogP contribution in [0.1, 0.15) is 31.4 Å². The third-order valence-corrected chi connectivity index (χ3v) is 3.22. The predicted molar refractivity (Wildman–Crippen MR) is 71.7 cm³/mol. The molecule has 1 aromatic heterocycles. The SMILES string of the molecule is CCc1cnc(CNC(=O)NCC2CCC(C(=O)O)O2)o1. The Kier molecular flexibility index (Phi) is 5.15. The maximum atomic E-state index is 11.6. The van der Waals surface area contributed by atoms with Crippen molar-refractivity contribution in [3.63, 3.8) is 0 Å². The highest BCUT2D eigenvalue weighted by Gasteiger charge is 2.30. The van der Waals surface area contributed by atoms with E-state index in [0.717, 1.165) is 12.2 Å². The standard InChI is InChI=1S/C13H19N3O5/c1-2-8-5-14-11(21-8)7-16-13(19)15-6-9-3-4-10(20-9)12(17)18/h5,9-10H,2-4,6-7H2,1H3,(H,17,18)(H2,15,16,19). The number of hydrogen-bond acceptors (Lipinski definition) is 5. The molecule has 2 unspecified atom stereocenters. The minimum absolute atomic E-state index is 0.203. The fraction of sp³-hybridized carbons (Fsp3) is 0.615. The van der Waals surface area contributed by atoms with Gasteiger partial charge < -0.3 is 24.9 Å². The van der Waals surface area contributed by atoms with Gasteiger partial charge >= 0.3 is 12.0 Å². The summed E-state index contributed by atoms with van der Waals surface area (Å²) in [6, 6.07) is -0.367. The number of carboxylic acids is 1. The zero-order valence-corrected chi connectivity index (χ0v) is 11.8. The highest BCUT2D eigenvalue weighted by molar-refractivity contribution is 5.74. The van der Waals surface area contributed by atoms with Crippen molar-refractivity contribution in [2.45, 2.75) is 44.9 Å². The Hall–Kier alpha value is -2.09. The maximum Gasteiger partial charge on any atom is 0.332 e. The van der Waals surface area contributed by atoms with E-state index < -0.39 is 12.1 Å². The van der Waals surface area contributed by atoms with Gasteiger partial charge in [0.15, 0.2) is 6.10 Å². The van der Waals surface area contributed by atoms with Crippen molar-refractivity contribution < 1.29 is 23.8 Å². The number of rotatable bonds is 6. The van der Waals surface area contributed by atoms with Crippen LogP contribution in [0.4, 0.5) is 4.79 Å². The Bertz CT molecular complexity index is 502. The Morgan fingerprint density at radius 2 is 2.24 bits per heavy atom. The number of urea groups is 1. The number of carbonyl (C=O) groups is 2. The van der Waals surface area contributed by atoms with Gasteiger partial charge in [-0.25, -0.2) is 14.6 Å². The summed E-state index contributed by atoms with van der Waals surface area (Å²) in [6.45, 7) is 2.44. The van der Waals surface area contributed by atoms with Gasteiger partial charge in [-0.05, 0) is 12.8 Å². The molecule has 1 fully saturated rings. The number of nitrogens with one attached hydrogen (secondary N) is 2. The molecule has 2 rings (SSSR count). The molecule has 2 heterocycles. The quantitative estimate of drug-likeness (QED) is 0.711. The summed E-state index contributed by atoms with van der Waals surface area (Å²) in [5.74, 6) is 0.258.